The normalized spacial score (nSPS) is 16.6. The SMILES string of the molecule is CN(c1cccc(F)c1)c1cc2c(cc1F)C(O)C(=O)N2. The number of rotatable bonds is 2. The number of hydrogen-bond donors (Lipinski definition) is 2. The van der Waals surface area contributed by atoms with Crippen molar-refractivity contribution in [3.8, 4) is 0 Å². The second kappa shape index (κ2) is 4.82. The maximum atomic E-state index is 14.2. The maximum absolute atomic E-state index is 14.2. The summed E-state index contributed by atoms with van der Waals surface area (Å²) in [5.74, 6) is -1.62. The summed E-state index contributed by atoms with van der Waals surface area (Å²) in [6, 6.07) is 8.28. The fraction of sp³-hybridized carbons (Fsp3) is 0.133. The van der Waals surface area contributed by atoms with Gasteiger partial charge >= 0.3 is 0 Å². The van der Waals surface area contributed by atoms with Crippen LogP contribution in [-0.4, -0.2) is 18.1 Å². The number of nitrogens with zero attached hydrogens (tertiary/aromatic N) is 1. The van der Waals surface area contributed by atoms with E-state index in [9.17, 15) is 18.7 Å². The van der Waals surface area contributed by atoms with E-state index in [0.29, 0.717) is 11.4 Å². The zero-order valence-corrected chi connectivity index (χ0v) is 11.1. The van der Waals surface area contributed by atoms with E-state index in [4.69, 9.17) is 0 Å². The predicted octanol–water partition coefficient (Wildman–Crippen LogP) is 2.72. The largest absolute Gasteiger partial charge is 0.378 e. The van der Waals surface area contributed by atoms with Gasteiger partial charge in [0.05, 0.1) is 5.69 Å². The highest BCUT2D eigenvalue weighted by molar-refractivity contribution is 6.02. The molecule has 21 heavy (non-hydrogen) atoms. The van der Waals surface area contributed by atoms with Crippen molar-refractivity contribution >= 4 is 23.0 Å². The highest BCUT2D eigenvalue weighted by atomic mass is 19.1. The lowest BCUT2D eigenvalue weighted by molar-refractivity contribution is -0.123. The molecule has 2 N–H and O–H groups in total. The number of benzene rings is 2. The first-order valence-corrected chi connectivity index (χ1v) is 6.29. The van der Waals surface area contributed by atoms with E-state index in [-0.39, 0.29) is 11.3 Å². The van der Waals surface area contributed by atoms with E-state index in [1.54, 1.807) is 13.1 Å². The molecule has 0 radical (unpaired) electrons. The molecule has 0 spiro atoms. The average molecular weight is 290 g/mol. The summed E-state index contributed by atoms with van der Waals surface area (Å²) in [5, 5.41) is 12.1. The van der Waals surface area contributed by atoms with Crippen LogP contribution in [0.1, 0.15) is 11.7 Å². The number of aliphatic hydroxyl groups is 1. The molecule has 6 heteroatoms. The molecule has 0 aliphatic carbocycles. The van der Waals surface area contributed by atoms with E-state index in [0.717, 1.165) is 6.07 Å². The van der Waals surface area contributed by atoms with Crippen LogP contribution in [0, 0.1) is 11.6 Å². The third-order valence-corrected chi connectivity index (χ3v) is 3.48. The first kappa shape index (κ1) is 13.5. The van der Waals surface area contributed by atoms with Crippen molar-refractivity contribution < 1.29 is 18.7 Å². The molecule has 4 nitrogen and oxygen atoms in total. The lowest BCUT2D eigenvalue weighted by atomic mass is 10.1. The Kier molecular flexibility index (Phi) is 3.10. The molecule has 2 aromatic carbocycles. The monoisotopic (exact) mass is 290 g/mol. The van der Waals surface area contributed by atoms with Crippen molar-refractivity contribution in [3.05, 3.63) is 53.6 Å². The molecule has 1 atom stereocenters. The average Bonchev–Trinajstić information content (AvgIpc) is 2.73. The Hall–Kier alpha value is -2.47. The summed E-state index contributed by atoms with van der Waals surface area (Å²) < 4.78 is 27.5. The molecule has 1 aliphatic heterocycles. The number of amides is 1. The van der Waals surface area contributed by atoms with Gasteiger partial charge in [0.15, 0.2) is 6.10 Å². The minimum Gasteiger partial charge on any atom is -0.378 e. The zero-order valence-electron chi connectivity index (χ0n) is 11.1. The molecule has 2 aromatic rings. The number of hydrogen-bond acceptors (Lipinski definition) is 3. The molecule has 108 valence electrons. The Morgan fingerprint density at radius 1 is 1.24 bits per heavy atom. The third kappa shape index (κ3) is 2.23. The Labute approximate surface area is 119 Å². The molecule has 0 bridgehead atoms. The Morgan fingerprint density at radius 2 is 2.00 bits per heavy atom. The molecular weight excluding hydrogens is 278 g/mol. The molecule has 0 fully saturated rings. The topological polar surface area (TPSA) is 52.6 Å². The van der Waals surface area contributed by atoms with Crippen LogP contribution in [0.5, 0.6) is 0 Å². The second-order valence-corrected chi connectivity index (χ2v) is 4.82. The first-order valence-electron chi connectivity index (χ1n) is 6.29. The molecule has 1 heterocycles. The van der Waals surface area contributed by atoms with Crippen molar-refractivity contribution in [2.45, 2.75) is 6.10 Å². The van der Waals surface area contributed by atoms with Crippen molar-refractivity contribution in [1.29, 1.82) is 0 Å². The van der Waals surface area contributed by atoms with E-state index in [1.165, 1.54) is 29.2 Å². The Bertz CT molecular complexity index is 734. The molecule has 0 saturated heterocycles. The molecule has 0 saturated carbocycles. The summed E-state index contributed by atoms with van der Waals surface area (Å²) in [5.41, 5.74) is 1.20. The Morgan fingerprint density at radius 3 is 2.71 bits per heavy atom. The van der Waals surface area contributed by atoms with Crippen LogP contribution in [0.4, 0.5) is 25.8 Å². The number of carbonyl (C=O) groups excluding carboxylic acids is 1. The summed E-state index contributed by atoms with van der Waals surface area (Å²) in [6.45, 7) is 0. The van der Waals surface area contributed by atoms with Gasteiger partial charge in [-0.25, -0.2) is 8.78 Å². The van der Waals surface area contributed by atoms with Crippen LogP contribution < -0.4 is 10.2 Å². The smallest absolute Gasteiger partial charge is 0.257 e. The molecule has 1 aliphatic rings. The number of anilines is 3. The van der Waals surface area contributed by atoms with Crippen LogP contribution in [0.25, 0.3) is 0 Å². The second-order valence-electron chi connectivity index (χ2n) is 4.82. The van der Waals surface area contributed by atoms with Crippen molar-refractivity contribution in [2.75, 3.05) is 17.3 Å². The van der Waals surface area contributed by atoms with Crippen molar-refractivity contribution in [1.82, 2.24) is 0 Å². The van der Waals surface area contributed by atoms with Gasteiger partial charge in [0, 0.05) is 24.0 Å². The fourth-order valence-corrected chi connectivity index (χ4v) is 2.33. The van der Waals surface area contributed by atoms with Gasteiger partial charge in [-0.05, 0) is 30.3 Å². The van der Waals surface area contributed by atoms with Gasteiger partial charge in [0.1, 0.15) is 11.6 Å². The third-order valence-electron chi connectivity index (χ3n) is 3.48. The predicted molar refractivity (Wildman–Crippen MR) is 74.5 cm³/mol. The van der Waals surface area contributed by atoms with Crippen LogP contribution in [0.2, 0.25) is 0 Å². The number of carbonyl (C=O) groups is 1. The number of fused-ring (bicyclic) bond motifs is 1. The highest BCUT2D eigenvalue weighted by Gasteiger charge is 2.30. The van der Waals surface area contributed by atoms with Crippen LogP contribution in [0.3, 0.4) is 0 Å². The van der Waals surface area contributed by atoms with E-state index >= 15 is 0 Å². The van der Waals surface area contributed by atoms with Crippen LogP contribution in [-0.2, 0) is 4.79 Å². The lowest BCUT2D eigenvalue weighted by Crippen LogP contribution is -2.12. The van der Waals surface area contributed by atoms with Gasteiger partial charge in [0.25, 0.3) is 5.91 Å². The highest BCUT2D eigenvalue weighted by Crippen LogP contribution is 2.37. The zero-order chi connectivity index (χ0) is 15.1. The minimum absolute atomic E-state index is 0.175. The number of nitrogens with one attached hydrogen (secondary N) is 1. The van der Waals surface area contributed by atoms with Gasteiger partial charge < -0.3 is 15.3 Å². The molecule has 1 unspecified atom stereocenters. The maximum Gasteiger partial charge on any atom is 0.257 e. The summed E-state index contributed by atoms with van der Waals surface area (Å²) in [4.78, 5) is 12.9. The molecule has 0 aromatic heterocycles. The quantitative estimate of drug-likeness (QED) is 0.894. The Balaban J connectivity index is 2.04. The number of halogens is 2. The molecule has 1 amide bonds. The van der Waals surface area contributed by atoms with Gasteiger partial charge in [-0.1, -0.05) is 6.07 Å². The standard InChI is InChI=1S/C15H12F2N2O2/c1-19(9-4-2-3-8(16)5-9)13-7-12-10(6-11(13)17)14(20)15(21)18-12/h2-7,14,20H,1H3,(H,18,21). The van der Waals surface area contributed by atoms with Crippen LogP contribution >= 0.6 is 0 Å². The van der Waals surface area contributed by atoms with E-state index in [1.807, 2.05) is 0 Å². The summed E-state index contributed by atoms with van der Waals surface area (Å²) in [7, 11) is 1.59. The van der Waals surface area contributed by atoms with E-state index in [2.05, 4.69) is 5.32 Å². The van der Waals surface area contributed by atoms with Gasteiger partial charge in [0.2, 0.25) is 0 Å². The molecule has 3 rings (SSSR count). The number of aliphatic hydroxyl groups excluding tert-OH is 1. The van der Waals surface area contributed by atoms with Crippen LogP contribution in [0.15, 0.2) is 36.4 Å². The van der Waals surface area contributed by atoms with Gasteiger partial charge in [-0.2, -0.15) is 0 Å². The van der Waals surface area contributed by atoms with Gasteiger partial charge in [-0.15, -0.1) is 0 Å². The molecular formula is C15H12F2N2O2. The van der Waals surface area contributed by atoms with E-state index < -0.39 is 23.6 Å². The minimum atomic E-state index is -1.36. The van der Waals surface area contributed by atoms with Crippen molar-refractivity contribution in [3.63, 3.8) is 0 Å². The van der Waals surface area contributed by atoms with Gasteiger partial charge in [-0.3, -0.25) is 4.79 Å². The summed E-state index contributed by atoms with van der Waals surface area (Å²) >= 11 is 0. The van der Waals surface area contributed by atoms with Crippen molar-refractivity contribution in [2.24, 2.45) is 0 Å². The first-order chi connectivity index (χ1) is 9.97. The fourth-order valence-electron chi connectivity index (χ4n) is 2.33. The lowest BCUT2D eigenvalue weighted by Gasteiger charge is -2.21. The summed E-state index contributed by atoms with van der Waals surface area (Å²) in [6.07, 6.45) is -1.36.